The number of methoxy groups -OCH3 is 2. The highest BCUT2D eigenvalue weighted by molar-refractivity contribution is 5.96. The number of aromatic nitrogens is 2. The van der Waals surface area contributed by atoms with Crippen LogP contribution < -0.4 is 19.9 Å². The molecule has 1 amide bonds. The van der Waals surface area contributed by atoms with Crippen LogP contribution in [0.1, 0.15) is 22.3 Å². The monoisotopic (exact) mass is 399 g/mol. The minimum Gasteiger partial charge on any atom is -0.480 e. The van der Waals surface area contributed by atoms with Gasteiger partial charge in [0.25, 0.3) is 5.91 Å². The van der Waals surface area contributed by atoms with E-state index in [1.807, 2.05) is 0 Å². The molecule has 0 radical (unpaired) electrons. The second-order valence-corrected chi connectivity index (χ2v) is 6.96. The van der Waals surface area contributed by atoms with E-state index < -0.39 is 0 Å². The molecule has 1 fully saturated rings. The van der Waals surface area contributed by atoms with Gasteiger partial charge in [0.15, 0.2) is 0 Å². The lowest BCUT2D eigenvalue weighted by atomic mass is 10.1. The number of aryl methyl sites for hydroxylation is 1. The van der Waals surface area contributed by atoms with E-state index in [0.717, 1.165) is 32.6 Å². The summed E-state index contributed by atoms with van der Waals surface area (Å²) < 4.78 is 10.3. The third-order valence-corrected chi connectivity index (χ3v) is 5.01. The number of hydrogen-bond donors (Lipinski definition) is 1. The van der Waals surface area contributed by atoms with E-state index in [1.54, 1.807) is 13.3 Å². The van der Waals surface area contributed by atoms with Crippen molar-refractivity contribution < 1.29 is 14.3 Å². The first-order chi connectivity index (χ1) is 14.1. The molecule has 0 atom stereocenters. The Morgan fingerprint density at radius 2 is 1.86 bits per heavy atom. The molecule has 0 saturated carbocycles. The second-order valence-electron chi connectivity index (χ2n) is 6.96. The summed E-state index contributed by atoms with van der Waals surface area (Å²) in [4.78, 5) is 25.8. The van der Waals surface area contributed by atoms with E-state index in [9.17, 15) is 4.79 Å². The summed E-state index contributed by atoms with van der Waals surface area (Å²) in [5.41, 5.74) is 2.89. The molecule has 1 aromatic carbocycles. The van der Waals surface area contributed by atoms with Crippen LogP contribution in [0.2, 0.25) is 0 Å². The Morgan fingerprint density at radius 3 is 2.55 bits per heavy atom. The number of anilines is 2. The Labute approximate surface area is 171 Å². The number of ether oxygens (including phenoxy) is 2. The molecule has 2 heterocycles. The fourth-order valence-corrected chi connectivity index (χ4v) is 3.40. The SMILES string of the molecule is COCCCNC(=O)c1cnc(N2CCN(c3ccccc3C)CC2)nc1OC. The summed E-state index contributed by atoms with van der Waals surface area (Å²) in [6.07, 6.45) is 2.29. The van der Waals surface area contributed by atoms with Crippen molar-refractivity contribution in [2.45, 2.75) is 13.3 Å². The number of piperazine rings is 1. The molecule has 1 aromatic heterocycles. The van der Waals surface area contributed by atoms with Gasteiger partial charge in [0.2, 0.25) is 11.8 Å². The normalized spacial score (nSPS) is 14.0. The van der Waals surface area contributed by atoms with Gasteiger partial charge in [0, 0.05) is 58.3 Å². The molecule has 8 heteroatoms. The lowest BCUT2D eigenvalue weighted by Crippen LogP contribution is -2.47. The van der Waals surface area contributed by atoms with Crippen molar-refractivity contribution in [3.63, 3.8) is 0 Å². The van der Waals surface area contributed by atoms with Crippen LogP contribution in [0, 0.1) is 6.92 Å². The van der Waals surface area contributed by atoms with Crippen LogP contribution in [0.5, 0.6) is 5.88 Å². The van der Waals surface area contributed by atoms with Crippen LogP contribution in [-0.4, -0.2) is 69.4 Å². The van der Waals surface area contributed by atoms with Gasteiger partial charge < -0.3 is 24.6 Å². The molecule has 2 aromatic rings. The molecule has 8 nitrogen and oxygen atoms in total. The second kappa shape index (κ2) is 10.1. The minimum absolute atomic E-state index is 0.242. The van der Waals surface area contributed by atoms with E-state index in [-0.39, 0.29) is 5.91 Å². The van der Waals surface area contributed by atoms with Crippen molar-refractivity contribution >= 4 is 17.5 Å². The Bertz CT molecular complexity index is 822. The molecule has 0 unspecified atom stereocenters. The molecular weight excluding hydrogens is 370 g/mol. The van der Waals surface area contributed by atoms with Crippen molar-refractivity contribution in [3.05, 3.63) is 41.6 Å². The zero-order chi connectivity index (χ0) is 20.6. The average molecular weight is 399 g/mol. The maximum atomic E-state index is 12.4. The highest BCUT2D eigenvalue weighted by Crippen LogP contribution is 2.23. The topological polar surface area (TPSA) is 79.8 Å². The molecule has 1 aliphatic heterocycles. The van der Waals surface area contributed by atoms with Gasteiger partial charge in [-0.1, -0.05) is 18.2 Å². The van der Waals surface area contributed by atoms with Gasteiger partial charge in [-0.25, -0.2) is 4.98 Å². The number of nitrogens with one attached hydrogen (secondary N) is 1. The van der Waals surface area contributed by atoms with Gasteiger partial charge in [0.1, 0.15) is 5.56 Å². The summed E-state index contributed by atoms with van der Waals surface area (Å²) in [6, 6.07) is 8.42. The number of rotatable bonds is 8. The number of para-hydroxylation sites is 1. The van der Waals surface area contributed by atoms with Gasteiger partial charge in [-0.2, -0.15) is 4.98 Å². The fraction of sp³-hybridized carbons (Fsp3) is 0.476. The first-order valence-corrected chi connectivity index (χ1v) is 9.87. The summed E-state index contributed by atoms with van der Waals surface area (Å²) in [7, 11) is 3.15. The summed E-state index contributed by atoms with van der Waals surface area (Å²) in [5.74, 6) is 0.636. The predicted molar refractivity (Wildman–Crippen MR) is 113 cm³/mol. The van der Waals surface area contributed by atoms with Gasteiger partial charge in [-0.05, 0) is 25.0 Å². The van der Waals surface area contributed by atoms with Crippen LogP contribution >= 0.6 is 0 Å². The zero-order valence-corrected chi connectivity index (χ0v) is 17.4. The molecule has 1 aliphatic rings. The molecule has 3 rings (SSSR count). The minimum atomic E-state index is -0.242. The molecule has 1 saturated heterocycles. The van der Waals surface area contributed by atoms with E-state index in [0.29, 0.717) is 30.5 Å². The van der Waals surface area contributed by atoms with Gasteiger partial charge in [-0.15, -0.1) is 0 Å². The van der Waals surface area contributed by atoms with Gasteiger partial charge in [-0.3, -0.25) is 4.79 Å². The highest BCUT2D eigenvalue weighted by Gasteiger charge is 2.22. The van der Waals surface area contributed by atoms with Gasteiger partial charge >= 0.3 is 0 Å². The van der Waals surface area contributed by atoms with Crippen molar-refractivity contribution in [2.75, 3.05) is 63.4 Å². The molecule has 0 bridgehead atoms. The van der Waals surface area contributed by atoms with Crippen molar-refractivity contribution in [1.82, 2.24) is 15.3 Å². The maximum absolute atomic E-state index is 12.4. The predicted octanol–water partition coefficient (Wildman–Crippen LogP) is 1.89. The molecular formula is C21H29N5O3. The van der Waals surface area contributed by atoms with Crippen molar-refractivity contribution in [2.24, 2.45) is 0 Å². The highest BCUT2D eigenvalue weighted by atomic mass is 16.5. The van der Waals surface area contributed by atoms with Crippen molar-refractivity contribution in [1.29, 1.82) is 0 Å². The number of amides is 1. The zero-order valence-electron chi connectivity index (χ0n) is 17.4. The summed E-state index contributed by atoms with van der Waals surface area (Å²) >= 11 is 0. The van der Waals surface area contributed by atoms with Crippen molar-refractivity contribution in [3.8, 4) is 5.88 Å². The third-order valence-electron chi connectivity index (χ3n) is 5.01. The van der Waals surface area contributed by atoms with Gasteiger partial charge in [0.05, 0.1) is 7.11 Å². The van der Waals surface area contributed by atoms with Crippen LogP contribution in [0.4, 0.5) is 11.6 Å². The third kappa shape index (κ3) is 5.14. The number of carbonyl (C=O) groups is 1. The average Bonchev–Trinajstić information content (AvgIpc) is 2.76. The quantitative estimate of drug-likeness (QED) is 0.679. The Kier molecular flexibility index (Phi) is 7.24. The smallest absolute Gasteiger partial charge is 0.258 e. The Hall–Kier alpha value is -2.87. The first kappa shape index (κ1) is 20.9. The molecule has 0 spiro atoms. The van der Waals surface area contributed by atoms with E-state index >= 15 is 0 Å². The van der Waals surface area contributed by atoms with Crippen LogP contribution in [0.3, 0.4) is 0 Å². The number of benzene rings is 1. The summed E-state index contributed by atoms with van der Waals surface area (Å²) in [5, 5.41) is 2.84. The Morgan fingerprint density at radius 1 is 1.14 bits per heavy atom. The van der Waals surface area contributed by atoms with E-state index in [4.69, 9.17) is 9.47 Å². The van der Waals surface area contributed by atoms with Crippen LogP contribution in [0.15, 0.2) is 30.5 Å². The molecule has 0 aliphatic carbocycles. The Balaban J connectivity index is 1.63. The number of carbonyl (C=O) groups excluding carboxylic acids is 1. The van der Waals surface area contributed by atoms with E-state index in [2.05, 4.69) is 56.3 Å². The number of hydrogen-bond acceptors (Lipinski definition) is 7. The molecule has 156 valence electrons. The maximum Gasteiger partial charge on any atom is 0.258 e. The summed E-state index contributed by atoms with van der Waals surface area (Å²) in [6.45, 7) is 6.64. The largest absolute Gasteiger partial charge is 0.480 e. The van der Waals surface area contributed by atoms with Crippen LogP contribution in [0.25, 0.3) is 0 Å². The lowest BCUT2D eigenvalue weighted by Gasteiger charge is -2.36. The fourth-order valence-electron chi connectivity index (χ4n) is 3.40. The lowest BCUT2D eigenvalue weighted by molar-refractivity contribution is 0.0944. The van der Waals surface area contributed by atoms with E-state index in [1.165, 1.54) is 18.4 Å². The number of nitrogens with zero attached hydrogens (tertiary/aromatic N) is 4. The van der Waals surface area contributed by atoms with Crippen LogP contribution in [-0.2, 0) is 4.74 Å². The molecule has 29 heavy (non-hydrogen) atoms. The molecule has 1 N–H and O–H groups in total. The standard InChI is InChI=1S/C21H29N5O3/c1-16-7-4-5-8-18(16)25-10-12-26(13-11-25)21-23-15-17(20(24-21)29-3)19(27)22-9-6-14-28-2/h4-5,7-8,15H,6,9-14H2,1-3H3,(H,22,27). The first-order valence-electron chi connectivity index (χ1n) is 9.87.